The third-order valence-electron chi connectivity index (χ3n) is 3.71. The minimum Gasteiger partial charge on any atom is -0.494 e. The summed E-state index contributed by atoms with van der Waals surface area (Å²) in [6.45, 7) is 4.50. The first-order chi connectivity index (χ1) is 9.63. The van der Waals surface area contributed by atoms with Crippen molar-refractivity contribution in [1.82, 2.24) is 0 Å². The number of rotatable bonds is 4. The first kappa shape index (κ1) is 15.0. The molecule has 1 fully saturated rings. The molecule has 2 N–H and O–H groups in total. The molecule has 0 radical (unpaired) electrons. The Balaban J connectivity index is 2.21. The summed E-state index contributed by atoms with van der Waals surface area (Å²) in [5, 5.41) is 0. The summed E-state index contributed by atoms with van der Waals surface area (Å²) in [5.74, 6) is 2.16. The second kappa shape index (κ2) is 6.84. The van der Waals surface area contributed by atoms with Crippen molar-refractivity contribution in [2.45, 2.75) is 19.8 Å². The molecule has 5 heteroatoms. The minimum absolute atomic E-state index is 0.217. The second-order valence-corrected chi connectivity index (χ2v) is 5.53. The van der Waals surface area contributed by atoms with E-state index in [1.54, 1.807) is 7.11 Å². The standard InChI is InChI=1S/C15H22ClN3O/c1-11-5-7-19(8-6-11)12-3-4-13(14(9-12)20-2)18-15(17)10-16/h3-4,9,11H,5-8,10H2,1-2H3,(H2,17,18). The highest BCUT2D eigenvalue weighted by Crippen LogP contribution is 2.33. The molecule has 0 saturated carbocycles. The van der Waals surface area contributed by atoms with Gasteiger partial charge in [0.05, 0.1) is 13.0 Å². The van der Waals surface area contributed by atoms with Gasteiger partial charge in [0.1, 0.15) is 17.3 Å². The van der Waals surface area contributed by atoms with E-state index in [4.69, 9.17) is 22.1 Å². The van der Waals surface area contributed by atoms with Crippen LogP contribution in [0.1, 0.15) is 19.8 Å². The van der Waals surface area contributed by atoms with Crippen molar-refractivity contribution >= 4 is 28.8 Å². The van der Waals surface area contributed by atoms with E-state index in [0.717, 1.165) is 30.4 Å². The van der Waals surface area contributed by atoms with Gasteiger partial charge in [-0.1, -0.05) is 6.92 Å². The Morgan fingerprint density at radius 1 is 1.45 bits per heavy atom. The summed E-state index contributed by atoms with van der Waals surface area (Å²) in [4.78, 5) is 6.66. The van der Waals surface area contributed by atoms with E-state index in [0.29, 0.717) is 5.84 Å². The molecule has 1 saturated heterocycles. The van der Waals surface area contributed by atoms with Gasteiger partial charge in [-0.25, -0.2) is 4.99 Å². The number of piperidine rings is 1. The fraction of sp³-hybridized carbons (Fsp3) is 0.533. The third-order valence-corrected chi connectivity index (χ3v) is 3.99. The number of benzene rings is 1. The van der Waals surface area contributed by atoms with Gasteiger partial charge in [-0.05, 0) is 30.9 Å². The number of ether oxygens (including phenoxy) is 1. The molecule has 4 nitrogen and oxygen atoms in total. The van der Waals surface area contributed by atoms with Crippen LogP contribution in [0.2, 0.25) is 0 Å². The maximum Gasteiger partial charge on any atom is 0.146 e. The predicted molar refractivity (Wildman–Crippen MR) is 85.6 cm³/mol. The van der Waals surface area contributed by atoms with E-state index in [1.807, 2.05) is 12.1 Å². The number of anilines is 1. The maximum absolute atomic E-state index is 5.68. The van der Waals surface area contributed by atoms with Gasteiger partial charge in [-0.2, -0.15) is 0 Å². The number of halogens is 1. The van der Waals surface area contributed by atoms with Gasteiger partial charge in [0.2, 0.25) is 0 Å². The Kier molecular flexibility index (Phi) is 5.12. The fourth-order valence-corrected chi connectivity index (χ4v) is 2.47. The number of alkyl halides is 1. The maximum atomic E-state index is 5.68. The minimum atomic E-state index is 0.217. The highest BCUT2D eigenvalue weighted by molar-refractivity contribution is 6.28. The molecule has 1 aromatic rings. The van der Waals surface area contributed by atoms with Crippen LogP contribution in [-0.4, -0.2) is 31.9 Å². The Labute approximate surface area is 125 Å². The SMILES string of the molecule is COc1cc(N2CCC(C)CC2)ccc1N=C(N)CCl. The zero-order valence-corrected chi connectivity index (χ0v) is 12.9. The molecule has 1 aromatic carbocycles. The third kappa shape index (κ3) is 3.57. The number of amidine groups is 1. The molecule has 0 aliphatic carbocycles. The van der Waals surface area contributed by atoms with Crippen LogP contribution < -0.4 is 15.4 Å². The average Bonchev–Trinajstić information content (AvgIpc) is 2.48. The van der Waals surface area contributed by atoms with Crippen LogP contribution in [0, 0.1) is 5.92 Å². The normalized spacial score (nSPS) is 17.4. The number of hydrogen-bond donors (Lipinski definition) is 1. The number of hydrogen-bond acceptors (Lipinski definition) is 3. The summed E-state index contributed by atoms with van der Waals surface area (Å²) in [5.41, 5.74) is 7.58. The van der Waals surface area contributed by atoms with Crippen LogP contribution in [0.3, 0.4) is 0 Å². The zero-order valence-electron chi connectivity index (χ0n) is 12.1. The van der Waals surface area contributed by atoms with Gasteiger partial charge in [0, 0.05) is 24.8 Å². The number of nitrogens with zero attached hydrogens (tertiary/aromatic N) is 2. The van der Waals surface area contributed by atoms with Crippen molar-refractivity contribution in [2.24, 2.45) is 16.6 Å². The highest BCUT2D eigenvalue weighted by Gasteiger charge is 2.17. The van der Waals surface area contributed by atoms with E-state index in [-0.39, 0.29) is 5.88 Å². The van der Waals surface area contributed by atoms with Crippen LogP contribution in [0.15, 0.2) is 23.2 Å². The lowest BCUT2D eigenvalue weighted by Crippen LogP contribution is -2.32. The lowest BCUT2D eigenvalue weighted by Gasteiger charge is -2.32. The fourth-order valence-electron chi connectivity index (χ4n) is 2.41. The molecular formula is C15H22ClN3O. The van der Waals surface area contributed by atoms with E-state index < -0.39 is 0 Å². The largest absolute Gasteiger partial charge is 0.494 e. The van der Waals surface area contributed by atoms with E-state index >= 15 is 0 Å². The average molecular weight is 296 g/mol. The molecular weight excluding hydrogens is 274 g/mol. The number of methoxy groups -OCH3 is 1. The van der Waals surface area contributed by atoms with E-state index in [2.05, 4.69) is 22.9 Å². The van der Waals surface area contributed by atoms with Crippen LogP contribution in [0.25, 0.3) is 0 Å². The van der Waals surface area contributed by atoms with Crippen molar-refractivity contribution in [3.8, 4) is 5.75 Å². The number of nitrogens with two attached hydrogens (primary N) is 1. The molecule has 1 aliphatic rings. The predicted octanol–water partition coefficient (Wildman–Crippen LogP) is 3.16. The van der Waals surface area contributed by atoms with Gasteiger partial charge in [0.25, 0.3) is 0 Å². The molecule has 0 aromatic heterocycles. The van der Waals surface area contributed by atoms with Crippen molar-refractivity contribution in [2.75, 3.05) is 31.0 Å². The molecule has 0 amide bonds. The molecule has 0 atom stereocenters. The van der Waals surface area contributed by atoms with Gasteiger partial charge in [-0.15, -0.1) is 11.6 Å². The van der Waals surface area contributed by atoms with Crippen molar-refractivity contribution < 1.29 is 4.74 Å². The monoisotopic (exact) mass is 295 g/mol. The van der Waals surface area contributed by atoms with Gasteiger partial charge in [0.15, 0.2) is 0 Å². The molecule has 1 aliphatic heterocycles. The topological polar surface area (TPSA) is 50.8 Å². The van der Waals surface area contributed by atoms with E-state index in [1.165, 1.54) is 18.5 Å². The van der Waals surface area contributed by atoms with Gasteiger partial charge >= 0.3 is 0 Å². The Bertz CT molecular complexity index is 482. The summed E-state index contributed by atoms with van der Waals surface area (Å²) < 4.78 is 5.41. The van der Waals surface area contributed by atoms with Crippen LogP contribution in [0.4, 0.5) is 11.4 Å². The Morgan fingerprint density at radius 3 is 2.75 bits per heavy atom. The first-order valence-corrected chi connectivity index (χ1v) is 7.49. The molecule has 1 heterocycles. The Morgan fingerprint density at radius 2 is 2.15 bits per heavy atom. The summed E-state index contributed by atoms with van der Waals surface area (Å²) in [6, 6.07) is 6.03. The quantitative estimate of drug-likeness (QED) is 0.527. The molecule has 2 rings (SSSR count). The molecule has 0 spiro atoms. The van der Waals surface area contributed by atoms with Crippen LogP contribution >= 0.6 is 11.6 Å². The van der Waals surface area contributed by atoms with E-state index in [9.17, 15) is 0 Å². The summed E-state index contributed by atoms with van der Waals surface area (Å²) in [6.07, 6.45) is 2.48. The second-order valence-electron chi connectivity index (χ2n) is 5.26. The summed E-state index contributed by atoms with van der Waals surface area (Å²) >= 11 is 5.66. The zero-order chi connectivity index (χ0) is 14.5. The summed E-state index contributed by atoms with van der Waals surface area (Å²) in [7, 11) is 1.65. The lowest BCUT2D eigenvalue weighted by atomic mass is 9.99. The van der Waals surface area contributed by atoms with Crippen molar-refractivity contribution in [3.05, 3.63) is 18.2 Å². The molecule has 0 unspecified atom stereocenters. The van der Waals surface area contributed by atoms with Gasteiger partial charge < -0.3 is 15.4 Å². The molecule has 0 bridgehead atoms. The van der Waals surface area contributed by atoms with Gasteiger partial charge in [-0.3, -0.25) is 0 Å². The van der Waals surface area contributed by atoms with Crippen LogP contribution in [0.5, 0.6) is 5.75 Å². The highest BCUT2D eigenvalue weighted by atomic mass is 35.5. The number of aliphatic imine (C=N–C) groups is 1. The van der Waals surface area contributed by atoms with Crippen molar-refractivity contribution in [1.29, 1.82) is 0 Å². The lowest BCUT2D eigenvalue weighted by molar-refractivity contribution is 0.414. The molecule has 110 valence electrons. The molecule has 20 heavy (non-hydrogen) atoms. The Hall–Kier alpha value is -1.42. The van der Waals surface area contributed by atoms with Crippen LogP contribution in [-0.2, 0) is 0 Å². The smallest absolute Gasteiger partial charge is 0.146 e. The first-order valence-electron chi connectivity index (χ1n) is 6.96. The van der Waals surface area contributed by atoms with Crippen molar-refractivity contribution in [3.63, 3.8) is 0 Å².